The van der Waals surface area contributed by atoms with Gasteiger partial charge in [-0.2, -0.15) is 5.10 Å². The Morgan fingerprint density at radius 1 is 1.00 bits per heavy atom. The van der Waals surface area contributed by atoms with E-state index < -0.39 is 11.5 Å². The van der Waals surface area contributed by atoms with Gasteiger partial charge >= 0.3 is 5.97 Å². The molecule has 1 aliphatic rings. The predicted octanol–water partition coefficient (Wildman–Crippen LogP) is 5.75. The predicted molar refractivity (Wildman–Crippen MR) is 157 cm³/mol. The number of rotatable bonds is 6. The molecular formula is C32H34FN5O4. The Hall–Kier alpha value is -4.73. The quantitative estimate of drug-likeness (QED) is 0.306. The Morgan fingerprint density at radius 3 is 2.24 bits per heavy atom. The number of carboxylic acids is 1. The molecule has 0 unspecified atom stereocenters. The highest BCUT2D eigenvalue weighted by molar-refractivity contribution is 6.08. The fraction of sp³-hybridized carbons (Fsp3) is 0.312. The van der Waals surface area contributed by atoms with Gasteiger partial charge in [-0.1, -0.05) is 12.1 Å². The number of hydrogen-bond donors (Lipinski definition) is 2. The van der Waals surface area contributed by atoms with Gasteiger partial charge in [-0.3, -0.25) is 14.3 Å². The number of likely N-dealkylation sites (tertiary alicyclic amines) is 1. The molecule has 2 aromatic carbocycles. The first-order valence-corrected chi connectivity index (χ1v) is 13.9. The molecule has 0 aliphatic carbocycles. The van der Waals surface area contributed by atoms with Gasteiger partial charge in [0.2, 0.25) is 0 Å². The molecule has 0 atom stereocenters. The number of anilines is 1. The standard InChI is InChI=1S/C32H34FN5O4/c1-32(2,3)38-28(22-9-11-24(33)12-10-22)26(18-34-38)29(39)35-25-17-27(36(4)19-25)30(40)37-15-13-21(14-16-37)20-5-7-23(8-6-20)31(41)42/h5-12,17-19,21H,13-16H2,1-4H3,(H,35,39)(H,41,42). The van der Waals surface area contributed by atoms with Crippen molar-refractivity contribution in [2.45, 2.75) is 45.1 Å². The Labute approximate surface area is 243 Å². The number of nitrogens with zero attached hydrogens (tertiary/aromatic N) is 4. The summed E-state index contributed by atoms with van der Waals surface area (Å²) in [6.07, 6.45) is 4.76. The van der Waals surface area contributed by atoms with Gasteiger partial charge < -0.3 is 19.9 Å². The van der Waals surface area contributed by atoms with Crippen molar-refractivity contribution in [2.24, 2.45) is 7.05 Å². The van der Waals surface area contributed by atoms with Crippen molar-refractivity contribution in [2.75, 3.05) is 18.4 Å². The van der Waals surface area contributed by atoms with Crippen molar-refractivity contribution in [3.8, 4) is 11.3 Å². The smallest absolute Gasteiger partial charge is 0.335 e. The molecule has 5 rings (SSSR count). The van der Waals surface area contributed by atoms with E-state index in [4.69, 9.17) is 5.11 Å². The summed E-state index contributed by atoms with van der Waals surface area (Å²) in [4.78, 5) is 39.8. The van der Waals surface area contributed by atoms with E-state index in [1.807, 2.05) is 37.8 Å². The molecule has 0 spiro atoms. The van der Waals surface area contributed by atoms with Gasteiger partial charge in [0.05, 0.1) is 34.2 Å². The largest absolute Gasteiger partial charge is 0.478 e. The minimum absolute atomic E-state index is 0.120. The summed E-state index contributed by atoms with van der Waals surface area (Å²) in [5.41, 5.74) is 3.42. The first-order chi connectivity index (χ1) is 19.9. The molecule has 1 aliphatic heterocycles. The summed E-state index contributed by atoms with van der Waals surface area (Å²) < 4.78 is 17.1. The Bertz CT molecular complexity index is 1620. The van der Waals surface area contributed by atoms with Crippen LogP contribution in [0.2, 0.25) is 0 Å². The highest BCUT2D eigenvalue weighted by Gasteiger charge is 2.28. The van der Waals surface area contributed by atoms with E-state index in [9.17, 15) is 18.8 Å². The molecule has 1 fully saturated rings. The molecule has 218 valence electrons. The van der Waals surface area contributed by atoms with E-state index in [0.29, 0.717) is 41.3 Å². The lowest BCUT2D eigenvalue weighted by Crippen LogP contribution is -2.38. The normalized spacial score (nSPS) is 14.2. The average Bonchev–Trinajstić information content (AvgIpc) is 3.57. The average molecular weight is 572 g/mol. The number of carbonyl (C=O) groups excluding carboxylic acids is 2. The first-order valence-electron chi connectivity index (χ1n) is 13.9. The van der Waals surface area contributed by atoms with Crippen LogP contribution in [0, 0.1) is 5.82 Å². The number of benzene rings is 2. The minimum Gasteiger partial charge on any atom is -0.478 e. The fourth-order valence-corrected chi connectivity index (χ4v) is 5.43. The highest BCUT2D eigenvalue weighted by atomic mass is 19.1. The van der Waals surface area contributed by atoms with Gasteiger partial charge in [0.15, 0.2) is 0 Å². The molecule has 0 radical (unpaired) electrons. The molecule has 2 N–H and O–H groups in total. The van der Waals surface area contributed by atoms with Gasteiger partial charge in [0, 0.05) is 31.9 Å². The summed E-state index contributed by atoms with van der Waals surface area (Å²) in [6, 6.07) is 14.6. The van der Waals surface area contributed by atoms with Gasteiger partial charge in [0.1, 0.15) is 11.5 Å². The topological polar surface area (TPSA) is 109 Å². The summed E-state index contributed by atoms with van der Waals surface area (Å²) >= 11 is 0. The summed E-state index contributed by atoms with van der Waals surface area (Å²) in [6.45, 7) is 7.07. The number of carbonyl (C=O) groups is 3. The van der Waals surface area contributed by atoms with Gasteiger partial charge in [-0.15, -0.1) is 0 Å². The van der Waals surface area contributed by atoms with Gasteiger partial charge in [0.25, 0.3) is 11.8 Å². The van der Waals surface area contributed by atoms with Crippen molar-refractivity contribution in [1.82, 2.24) is 19.2 Å². The molecule has 42 heavy (non-hydrogen) atoms. The van der Waals surface area contributed by atoms with Crippen molar-refractivity contribution < 1.29 is 23.9 Å². The number of hydrogen-bond acceptors (Lipinski definition) is 4. The summed E-state index contributed by atoms with van der Waals surface area (Å²) in [5, 5.41) is 16.5. The maximum absolute atomic E-state index is 13.6. The third kappa shape index (κ3) is 5.83. The molecule has 1 saturated heterocycles. The molecular weight excluding hydrogens is 537 g/mol. The molecule has 9 nitrogen and oxygen atoms in total. The van der Waals surface area contributed by atoms with E-state index in [0.717, 1.165) is 18.4 Å². The number of nitrogens with one attached hydrogen (secondary N) is 1. The van der Waals surface area contributed by atoms with Crippen molar-refractivity contribution in [3.63, 3.8) is 0 Å². The van der Waals surface area contributed by atoms with Crippen LogP contribution in [0.4, 0.5) is 10.1 Å². The zero-order valence-corrected chi connectivity index (χ0v) is 24.1. The van der Waals surface area contributed by atoms with E-state index in [1.54, 1.807) is 52.8 Å². The van der Waals surface area contributed by atoms with E-state index in [-0.39, 0.29) is 29.1 Å². The Kier molecular flexibility index (Phi) is 7.73. The lowest BCUT2D eigenvalue weighted by molar-refractivity contribution is 0.0689. The Balaban J connectivity index is 1.29. The van der Waals surface area contributed by atoms with Crippen molar-refractivity contribution >= 4 is 23.5 Å². The van der Waals surface area contributed by atoms with Gasteiger partial charge in [-0.05, 0) is 87.6 Å². The van der Waals surface area contributed by atoms with Crippen LogP contribution in [-0.2, 0) is 12.6 Å². The zero-order chi connectivity index (χ0) is 30.2. The summed E-state index contributed by atoms with van der Waals surface area (Å²) in [5.74, 6) is -1.57. The van der Waals surface area contributed by atoms with Crippen LogP contribution in [0.5, 0.6) is 0 Å². The number of halogens is 1. The number of aryl methyl sites for hydroxylation is 1. The molecule has 2 amide bonds. The number of amides is 2. The lowest BCUT2D eigenvalue weighted by atomic mass is 9.89. The molecule has 10 heteroatoms. The fourth-order valence-electron chi connectivity index (χ4n) is 5.43. The molecule has 0 bridgehead atoms. The van der Waals surface area contributed by atoms with Crippen LogP contribution >= 0.6 is 0 Å². The van der Waals surface area contributed by atoms with Crippen LogP contribution < -0.4 is 5.32 Å². The maximum atomic E-state index is 13.6. The number of piperidine rings is 1. The number of carboxylic acid groups (broad SMARTS) is 1. The third-order valence-electron chi connectivity index (χ3n) is 7.66. The van der Waals surface area contributed by atoms with Crippen LogP contribution in [0.25, 0.3) is 11.3 Å². The minimum atomic E-state index is -0.951. The third-order valence-corrected chi connectivity index (χ3v) is 7.66. The second-order valence-electron chi connectivity index (χ2n) is 11.7. The zero-order valence-electron chi connectivity index (χ0n) is 24.1. The van der Waals surface area contributed by atoms with E-state index >= 15 is 0 Å². The maximum Gasteiger partial charge on any atom is 0.335 e. The molecule has 3 heterocycles. The van der Waals surface area contributed by atoms with Crippen LogP contribution in [-0.4, -0.2) is 55.2 Å². The van der Waals surface area contributed by atoms with Crippen molar-refractivity contribution in [1.29, 1.82) is 0 Å². The van der Waals surface area contributed by atoms with Gasteiger partial charge in [-0.25, -0.2) is 9.18 Å². The van der Waals surface area contributed by atoms with Crippen LogP contribution in [0.3, 0.4) is 0 Å². The molecule has 0 saturated carbocycles. The lowest BCUT2D eigenvalue weighted by Gasteiger charge is -2.32. The van der Waals surface area contributed by atoms with E-state index in [1.165, 1.54) is 18.3 Å². The van der Waals surface area contributed by atoms with E-state index in [2.05, 4.69) is 10.4 Å². The van der Waals surface area contributed by atoms with Crippen LogP contribution in [0.1, 0.15) is 76.3 Å². The molecule has 2 aromatic heterocycles. The Morgan fingerprint density at radius 2 is 1.64 bits per heavy atom. The molecule has 4 aromatic rings. The van der Waals surface area contributed by atoms with Crippen molar-refractivity contribution in [3.05, 3.63) is 95.2 Å². The second-order valence-corrected chi connectivity index (χ2v) is 11.7. The second kappa shape index (κ2) is 11.3. The number of aromatic nitrogens is 3. The highest BCUT2D eigenvalue weighted by Crippen LogP contribution is 2.31. The summed E-state index contributed by atoms with van der Waals surface area (Å²) in [7, 11) is 1.77. The number of aromatic carboxylic acids is 1. The first kappa shape index (κ1) is 28.8. The SMILES string of the molecule is Cn1cc(NC(=O)c2cnn(C(C)(C)C)c2-c2ccc(F)cc2)cc1C(=O)N1CCC(c2ccc(C(=O)O)cc2)CC1. The monoisotopic (exact) mass is 571 g/mol. The van der Waals surface area contributed by atoms with Crippen LogP contribution in [0.15, 0.2) is 67.0 Å².